The van der Waals surface area contributed by atoms with E-state index < -0.39 is 0 Å². The molecule has 2 aliphatic carbocycles. The van der Waals surface area contributed by atoms with E-state index in [1.165, 1.54) is 24.3 Å². The Morgan fingerprint density at radius 2 is 2.00 bits per heavy atom. The van der Waals surface area contributed by atoms with Gasteiger partial charge in [0.15, 0.2) is 6.61 Å². The van der Waals surface area contributed by atoms with Gasteiger partial charge in [0, 0.05) is 17.9 Å². The molecule has 1 aliphatic heterocycles. The molecule has 1 aromatic heterocycles. The van der Waals surface area contributed by atoms with Crippen LogP contribution in [0.1, 0.15) is 55.9 Å². The molecule has 0 spiro atoms. The van der Waals surface area contributed by atoms with E-state index in [2.05, 4.69) is 5.10 Å². The average Bonchev–Trinajstić information content (AvgIpc) is 3.56. The van der Waals surface area contributed by atoms with Crippen LogP contribution in [-0.4, -0.2) is 29.2 Å². The molecule has 162 valence electrons. The normalized spacial score (nSPS) is 26.9. The Balaban J connectivity index is 1.24. The summed E-state index contributed by atoms with van der Waals surface area (Å²) in [5.74, 6) is 1.85. The molecule has 3 aliphatic rings. The Morgan fingerprint density at radius 1 is 1.16 bits per heavy atom. The van der Waals surface area contributed by atoms with Crippen molar-refractivity contribution in [2.75, 3.05) is 6.61 Å². The summed E-state index contributed by atoms with van der Waals surface area (Å²) in [7, 11) is 0. The van der Waals surface area contributed by atoms with Crippen molar-refractivity contribution >= 4 is 29.2 Å². The number of fused-ring (bicyclic) bond motifs is 2. The van der Waals surface area contributed by atoms with Gasteiger partial charge in [0.1, 0.15) is 11.8 Å². The molecule has 2 bridgehead atoms. The highest BCUT2D eigenvalue weighted by Gasteiger charge is 2.41. The van der Waals surface area contributed by atoms with Gasteiger partial charge in [-0.05, 0) is 66.8 Å². The molecule has 0 radical (unpaired) electrons. The second kappa shape index (κ2) is 8.50. The molecule has 6 nitrogen and oxygen atoms in total. The highest BCUT2D eigenvalue weighted by molar-refractivity contribution is 6.30. The van der Waals surface area contributed by atoms with Gasteiger partial charge in [0.25, 0.3) is 5.91 Å². The number of furan rings is 1. The lowest BCUT2D eigenvalue weighted by Gasteiger charge is -2.21. The maximum atomic E-state index is 12.9. The molecule has 5 rings (SSSR count). The largest absolute Gasteiger partial charge is 0.467 e. The van der Waals surface area contributed by atoms with Gasteiger partial charge in [-0.15, -0.1) is 0 Å². The summed E-state index contributed by atoms with van der Waals surface area (Å²) in [4.78, 5) is 25.3. The maximum Gasteiger partial charge on any atom is 0.306 e. The second-order valence-electron chi connectivity index (χ2n) is 8.83. The van der Waals surface area contributed by atoms with Crippen LogP contribution in [0.15, 0.2) is 52.2 Å². The third kappa shape index (κ3) is 4.26. The SMILES string of the molecule is O=C(C[C@@H]1C[C@H]2CC[C@H]1C2)OCC(=O)N1N=C(c2ccc(Cl)cc2)C[C@H]1c1ccco1. The van der Waals surface area contributed by atoms with Crippen molar-refractivity contribution in [3.05, 3.63) is 59.0 Å². The van der Waals surface area contributed by atoms with Crippen molar-refractivity contribution in [2.45, 2.75) is 44.6 Å². The number of benzene rings is 1. The molecule has 2 saturated carbocycles. The first kappa shape index (κ1) is 20.3. The molecule has 0 N–H and O–H groups in total. The molecule has 2 aromatic rings. The van der Waals surface area contributed by atoms with E-state index in [9.17, 15) is 9.59 Å². The zero-order chi connectivity index (χ0) is 21.4. The van der Waals surface area contributed by atoms with Crippen LogP contribution in [0.3, 0.4) is 0 Å². The van der Waals surface area contributed by atoms with Crippen molar-refractivity contribution in [2.24, 2.45) is 22.9 Å². The molecule has 1 aromatic carbocycles. The van der Waals surface area contributed by atoms with E-state index in [1.807, 2.05) is 18.2 Å². The minimum absolute atomic E-state index is 0.290. The van der Waals surface area contributed by atoms with Crippen LogP contribution in [0.4, 0.5) is 0 Å². The summed E-state index contributed by atoms with van der Waals surface area (Å²) in [6.45, 7) is -0.311. The third-order valence-corrected chi connectivity index (χ3v) is 7.14. The fourth-order valence-electron chi connectivity index (χ4n) is 5.37. The number of amides is 1. The van der Waals surface area contributed by atoms with Crippen LogP contribution < -0.4 is 0 Å². The molecule has 2 fully saturated rings. The summed E-state index contributed by atoms with van der Waals surface area (Å²) >= 11 is 5.99. The molecule has 4 atom stereocenters. The van der Waals surface area contributed by atoms with Crippen molar-refractivity contribution in [1.82, 2.24) is 5.01 Å². The zero-order valence-electron chi connectivity index (χ0n) is 17.2. The van der Waals surface area contributed by atoms with Gasteiger partial charge in [0.05, 0.1) is 12.0 Å². The Kier molecular flexibility index (Phi) is 5.57. The molecule has 0 unspecified atom stereocenters. The second-order valence-corrected chi connectivity index (χ2v) is 9.26. The van der Waals surface area contributed by atoms with E-state index in [1.54, 1.807) is 24.5 Å². The van der Waals surface area contributed by atoms with E-state index in [4.69, 9.17) is 20.8 Å². The van der Waals surface area contributed by atoms with E-state index in [-0.39, 0.29) is 24.5 Å². The van der Waals surface area contributed by atoms with E-state index in [0.717, 1.165) is 23.6 Å². The smallest absolute Gasteiger partial charge is 0.306 e. The lowest BCUT2D eigenvalue weighted by molar-refractivity contribution is -0.154. The number of carbonyl (C=O) groups is 2. The van der Waals surface area contributed by atoms with Crippen LogP contribution in [0, 0.1) is 17.8 Å². The summed E-state index contributed by atoms with van der Waals surface area (Å²) in [5, 5.41) is 6.57. The number of hydrogen-bond acceptors (Lipinski definition) is 5. The number of nitrogens with zero attached hydrogens (tertiary/aromatic N) is 2. The van der Waals surface area contributed by atoms with Crippen LogP contribution >= 0.6 is 11.6 Å². The predicted octanol–water partition coefficient (Wildman–Crippen LogP) is 4.98. The Hall–Kier alpha value is -2.60. The number of hydrazone groups is 1. The van der Waals surface area contributed by atoms with Crippen LogP contribution in [0.2, 0.25) is 5.02 Å². The lowest BCUT2D eigenvalue weighted by atomic mass is 9.86. The van der Waals surface area contributed by atoms with Gasteiger partial charge >= 0.3 is 5.97 Å². The Bertz CT molecular complexity index is 986. The van der Waals surface area contributed by atoms with Gasteiger partial charge in [-0.25, -0.2) is 5.01 Å². The Morgan fingerprint density at radius 3 is 2.68 bits per heavy atom. The fourth-order valence-corrected chi connectivity index (χ4v) is 5.49. The van der Waals surface area contributed by atoms with Crippen molar-refractivity contribution < 1.29 is 18.7 Å². The summed E-state index contributed by atoms with van der Waals surface area (Å²) in [5.41, 5.74) is 1.66. The zero-order valence-corrected chi connectivity index (χ0v) is 18.0. The van der Waals surface area contributed by atoms with Crippen molar-refractivity contribution in [3.8, 4) is 0 Å². The number of rotatable bonds is 6. The Labute approximate surface area is 186 Å². The molecule has 0 saturated heterocycles. The van der Waals surface area contributed by atoms with Gasteiger partial charge < -0.3 is 9.15 Å². The minimum Gasteiger partial charge on any atom is -0.467 e. The number of ether oxygens (including phenoxy) is 1. The molecule has 31 heavy (non-hydrogen) atoms. The van der Waals surface area contributed by atoms with Crippen molar-refractivity contribution in [1.29, 1.82) is 0 Å². The number of esters is 1. The molecule has 1 amide bonds. The van der Waals surface area contributed by atoms with Gasteiger partial charge in [-0.1, -0.05) is 30.2 Å². The lowest BCUT2D eigenvalue weighted by Crippen LogP contribution is -2.31. The quantitative estimate of drug-likeness (QED) is 0.594. The van der Waals surface area contributed by atoms with Crippen LogP contribution in [-0.2, 0) is 14.3 Å². The van der Waals surface area contributed by atoms with E-state index in [0.29, 0.717) is 35.5 Å². The monoisotopic (exact) mass is 440 g/mol. The first-order chi connectivity index (χ1) is 15.1. The summed E-state index contributed by atoms with van der Waals surface area (Å²) in [6, 6.07) is 10.6. The minimum atomic E-state index is -0.363. The first-order valence-corrected chi connectivity index (χ1v) is 11.3. The molecule has 7 heteroatoms. The fraction of sp³-hybridized carbons (Fsp3) is 0.458. The predicted molar refractivity (Wildman–Crippen MR) is 115 cm³/mol. The number of carbonyl (C=O) groups excluding carboxylic acids is 2. The summed E-state index contributed by atoms with van der Waals surface area (Å²) < 4.78 is 10.9. The van der Waals surface area contributed by atoms with Gasteiger partial charge in [0.2, 0.25) is 0 Å². The third-order valence-electron chi connectivity index (χ3n) is 6.88. The summed E-state index contributed by atoms with van der Waals surface area (Å²) in [6.07, 6.45) is 7.39. The van der Waals surface area contributed by atoms with Crippen molar-refractivity contribution in [3.63, 3.8) is 0 Å². The first-order valence-electron chi connectivity index (χ1n) is 10.9. The molecular weight excluding hydrogens is 416 g/mol. The number of halogens is 1. The number of hydrogen-bond donors (Lipinski definition) is 0. The topological polar surface area (TPSA) is 72.1 Å². The van der Waals surface area contributed by atoms with Gasteiger partial charge in [-0.3, -0.25) is 9.59 Å². The average molecular weight is 441 g/mol. The van der Waals surface area contributed by atoms with Crippen LogP contribution in [0.5, 0.6) is 0 Å². The maximum absolute atomic E-state index is 12.9. The van der Waals surface area contributed by atoms with E-state index >= 15 is 0 Å². The van der Waals surface area contributed by atoms with Gasteiger partial charge in [-0.2, -0.15) is 5.10 Å². The highest BCUT2D eigenvalue weighted by atomic mass is 35.5. The highest BCUT2D eigenvalue weighted by Crippen LogP contribution is 2.49. The molecular formula is C24H25ClN2O4. The standard InChI is InChI=1S/C24H25ClN2O4/c25-19-7-5-16(6-8-19)20-13-21(22-2-1-9-30-22)27(26-20)23(28)14-31-24(29)12-18-11-15-3-4-17(18)10-15/h1-2,5-9,15,17-18,21H,3-4,10-14H2/t15-,17-,18-,21-/m0/s1. The molecule has 2 heterocycles. The van der Waals surface area contributed by atoms with Crippen LogP contribution in [0.25, 0.3) is 0 Å².